The van der Waals surface area contributed by atoms with E-state index in [0.29, 0.717) is 12.3 Å². The Morgan fingerprint density at radius 3 is 2.21 bits per heavy atom. The number of para-hydroxylation sites is 1. The number of piperazine rings is 1. The quantitative estimate of drug-likeness (QED) is 0.162. The molecule has 1 aliphatic heterocycles. The molecule has 0 unspecified atom stereocenters. The summed E-state index contributed by atoms with van der Waals surface area (Å²) in [5.74, 6) is 2.51. The van der Waals surface area contributed by atoms with Gasteiger partial charge in [0, 0.05) is 49.7 Å². The molecule has 1 aromatic heterocycles. The second kappa shape index (κ2) is 13.5. The second-order valence-corrected chi connectivity index (χ2v) is 12.5. The Labute approximate surface area is 277 Å². The monoisotopic (exact) mass is 626 g/mol. The highest BCUT2D eigenvalue weighted by Gasteiger charge is 2.48. The maximum atomic E-state index is 14.5. The van der Waals surface area contributed by atoms with Gasteiger partial charge < -0.3 is 19.7 Å². The number of rotatable bonds is 11. The minimum Gasteiger partial charge on any atom is -0.497 e. The van der Waals surface area contributed by atoms with Crippen LogP contribution < -0.4 is 19.7 Å². The fraction of sp³-hybridized carbons (Fsp3) is 0.300. The smallest absolute Gasteiger partial charge is 0.235 e. The van der Waals surface area contributed by atoms with E-state index >= 15 is 0 Å². The number of fused-ring (bicyclic) bond motifs is 4. The van der Waals surface area contributed by atoms with Gasteiger partial charge in [0.15, 0.2) is 0 Å². The molecular weight excluding hydrogens is 584 g/mol. The SMILES string of the molecule is COc1ccc(CNC(=O)C2(CCCCN3CCN(c4ccc5ccccc5n4)CC3)c3ccccc3-c3ccccc32)c(OC)c1. The molecule has 1 aliphatic carbocycles. The van der Waals surface area contributed by atoms with Crippen LogP contribution in [0.5, 0.6) is 11.5 Å². The van der Waals surface area contributed by atoms with Crippen LogP contribution in [-0.2, 0) is 16.8 Å². The van der Waals surface area contributed by atoms with Gasteiger partial charge in [0.1, 0.15) is 22.7 Å². The van der Waals surface area contributed by atoms with Crippen LogP contribution in [0.3, 0.4) is 0 Å². The lowest BCUT2D eigenvalue weighted by molar-refractivity contribution is -0.125. The van der Waals surface area contributed by atoms with Gasteiger partial charge in [-0.2, -0.15) is 0 Å². The molecule has 0 radical (unpaired) electrons. The summed E-state index contributed by atoms with van der Waals surface area (Å²) in [5, 5.41) is 4.49. The summed E-state index contributed by atoms with van der Waals surface area (Å²) in [5.41, 5.74) is 5.69. The topological polar surface area (TPSA) is 66.9 Å². The van der Waals surface area contributed by atoms with Gasteiger partial charge in [0.05, 0.1) is 19.7 Å². The van der Waals surface area contributed by atoms with E-state index in [4.69, 9.17) is 14.5 Å². The second-order valence-electron chi connectivity index (χ2n) is 12.5. The third kappa shape index (κ3) is 5.92. The lowest BCUT2D eigenvalue weighted by Gasteiger charge is -2.36. The van der Waals surface area contributed by atoms with Crippen molar-refractivity contribution < 1.29 is 14.3 Å². The molecule has 7 nitrogen and oxygen atoms in total. The number of benzene rings is 4. The van der Waals surface area contributed by atoms with Gasteiger partial charge in [-0.15, -0.1) is 0 Å². The van der Waals surface area contributed by atoms with Gasteiger partial charge in [-0.05, 0) is 72.0 Å². The molecule has 2 aliphatic rings. The Balaban J connectivity index is 1.04. The number of amides is 1. The first-order valence-electron chi connectivity index (χ1n) is 16.6. The molecular formula is C40H42N4O3. The number of nitrogens with zero attached hydrogens (tertiary/aromatic N) is 3. The normalized spacial score (nSPS) is 15.2. The molecule has 1 fully saturated rings. The minimum absolute atomic E-state index is 0.0317. The van der Waals surface area contributed by atoms with Crippen LogP contribution in [-0.4, -0.2) is 62.7 Å². The number of ether oxygens (including phenoxy) is 2. The first-order valence-corrected chi connectivity index (χ1v) is 16.6. The van der Waals surface area contributed by atoms with Crippen LogP contribution >= 0.6 is 0 Å². The molecule has 5 aromatic rings. The average molecular weight is 627 g/mol. The summed E-state index contributed by atoms with van der Waals surface area (Å²) in [7, 11) is 3.28. The lowest BCUT2D eigenvalue weighted by Crippen LogP contribution is -2.47. The summed E-state index contributed by atoms with van der Waals surface area (Å²) in [6.45, 7) is 5.34. The zero-order valence-electron chi connectivity index (χ0n) is 27.2. The number of pyridine rings is 1. The largest absolute Gasteiger partial charge is 0.497 e. The van der Waals surface area contributed by atoms with E-state index in [9.17, 15) is 4.79 Å². The molecule has 0 spiro atoms. The summed E-state index contributed by atoms with van der Waals surface area (Å²) in [4.78, 5) is 24.4. The number of anilines is 1. The van der Waals surface area contributed by atoms with E-state index < -0.39 is 5.41 Å². The maximum Gasteiger partial charge on any atom is 0.235 e. The number of unbranched alkanes of at least 4 members (excludes halogenated alkanes) is 1. The molecule has 0 saturated carbocycles. The molecule has 240 valence electrons. The van der Waals surface area contributed by atoms with E-state index in [0.717, 1.165) is 96.9 Å². The lowest BCUT2D eigenvalue weighted by atomic mass is 9.73. The predicted octanol–water partition coefficient (Wildman–Crippen LogP) is 6.83. The number of hydrogen-bond acceptors (Lipinski definition) is 6. The van der Waals surface area contributed by atoms with Gasteiger partial charge in [-0.25, -0.2) is 4.98 Å². The van der Waals surface area contributed by atoms with Crippen molar-refractivity contribution in [3.8, 4) is 22.6 Å². The highest BCUT2D eigenvalue weighted by molar-refractivity contribution is 6.00. The van der Waals surface area contributed by atoms with E-state index in [1.807, 2.05) is 24.3 Å². The van der Waals surface area contributed by atoms with Gasteiger partial charge in [-0.1, -0.05) is 73.2 Å². The van der Waals surface area contributed by atoms with Crippen LogP contribution in [0.4, 0.5) is 5.82 Å². The van der Waals surface area contributed by atoms with Crippen molar-refractivity contribution in [2.45, 2.75) is 31.2 Å². The van der Waals surface area contributed by atoms with Crippen molar-refractivity contribution in [2.75, 3.05) is 51.8 Å². The van der Waals surface area contributed by atoms with Crippen LogP contribution in [0.25, 0.3) is 22.0 Å². The Hall–Kier alpha value is -4.88. The predicted molar refractivity (Wildman–Crippen MR) is 188 cm³/mol. The Morgan fingerprint density at radius 1 is 0.787 bits per heavy atom. The van der Waals surface area contributed by atoms with Crippen LogP contribution in [0.15, 0.2) is 103 Å². The van der Waals surface area contributed by atoms with Gasteiger partial charge >= 0.3 is 0 Å². The third-order valence-electron chi connectivity index (χ3n) is 9.94. The molecule has 7 heteroatoms. The van der Waals surface area contributed by atoms with E-state index in [-0.39, 0.29) is 5.91 Å². The molecule has 1 N–H and O–H groups in total. The number of methoxy groups -OCH3 is 2. The molecule has 1 amide bonds. The fourth-order valence-corrected chi connectivity index (χ4v) is 7.43. The van der Waals surface area contributed by atoms with Crippen LogP contribution in [0.2, 0.25) is 0 Å². The molecule has 7 rings (SSSR count). The highest BCUT2D eigenvalue weighted by Crippen LogP contribution is 2.51. The van der Waals surface area contributed by atoms with Crippen molar-refractivity contribution in [2.24, 2.45) is 0 Å². The van der Waals surface area contributed by atoms with Crippen molar-refractivity contribution in [3.63, 3.8) is 0 Å². The van der Waals surface area contributed by atoms with Gasteiger partial charge in [0.25, 0.3) is 0 Å². The maximum absolute atomic E-state index is 14.5. The summed E-state index contributed by atoms with van der Waals surface area (Å²) in [6, 6.07) is 35.2. The number of nitrogens with one attached hydrogen (secondary N) is 1. The fourth-order valence-electron chi connectivity index (χ4n) is 7.43. The van der Waals surface area contributed by atoms with E-state index in [1.54, 1.807) is 14.2 Å². The zero-order chi connectivity index (χ0) is 32.2. The molecule has 0 bridgehead atoms. The zero-order valence-corrected chi connectivity index (χ0v) is 27.2. The number of carbonyl (C=O) groups is 1. The Kier molecular flexibility index (Phi) is 8.81. The van der Waals surface area contributed by atoms with Crippen molar-refractivity contribution in [3.05, 3.63) is 120 Å². The van der Waals surface area contributed by atoms with Crippen molar-refractivity contribution in [1.29, 1.82) is 0 Å². The average Bonchev–Trinajstić information content (AvgIpc) is 3.42. The highest BCUT2D eigenvalue weighted by atomic mass is 16.5. The minimum atomic E-state index is -0.757. The number of carbonyl (C=O) groups excluding carboxylic acids is 1. The molecule has 1 saturated heterocycles. The van der Waals surface area contributed by atoms with Crippen LogP contribution in [0, 0.1) is 0 Å². The summed E-state index contributed by atoms with van der Waals surface area (Å²) < 4.78 is 11.0. The van der Waals surface area contributed by atoms with Crippen molar-refractivity contribution in [1.82, 2.24) is 15.2 Å². The van der Waals surface area contributed by atoms with Crippen molar-refractivity contribution >= 4 is 22.6 Å². The molecule has 4 aromatic carbocycles. The van der Waals surface area contributed by atoms with Gasteiger partial charge in [-0.3, -0.25) is 9.69 Å². The molecule has 2 heterocycles. The Bertz CT molecular complexity index is 1840. The van der Waals surface area contributed by atoms with Crippen LogP contribution in [0.1, 0.15) is 36.0 Å². The number of aromatic nitrogens is 1. The standard InChI is InChI=1S/C40H42N4O3/c1-46-31-19-17-30(37(27-31)47-2)28-41-39(45)40(34-14-6-4-12-32(34)33-13-5-7-15-35(33)40)21-9-10-22-43-23-25-44(26-24-43)38-20-18-29-11-3-8-16-36(29)42-38/h3-8,11-20,27H,9-10,21-26,28H2,1-2H3,(H,41,45). The van der Waals surface area contributed by atoms with Gasteiger partial charge in [0.2, 0.25) is 5.91 Å². The van der Waals surface area contributed by atoms with E-state index in [1.165, 1.54) is 5.39 Å². The van der Waals surface area contributed by atoms with E-state index in [2.05, 4.69) is 94.0 Å². The molecule has 0 atom stereocenters. The molecule has 47 heavy (non-hydrogen) atoms. The number of hydrogen-bond donors (Lipinski definition) is 1. The Morgan fingerprint density at radius 2 is 1.49 bits per heavy atom. The summed E-state index contributed by atoms with van der Waals surface area (Å²) >= 11 is 0. The third-order valence-corrected chi connectivity index (χ3v) is 9.94. The first kappa shape index (κ1) is 30.8. The first-order chi connectivity index (χ1) is 23.1. The summed E-state index contributed by atoms with van der Waals surface area (Å²) in [6.07, 6.45) is 2.71.